The van der Waals surface area contributed by atoms with E-state index < -0.39 is 0 Å². The quantitative estimate of drug-likeness (QED) is 0.605. The molecule has 0 spiro atoms. The van der Waals surface area contributed by atoms with Crippen molar-refractivity contribution < 1.29 is 9.13 Å². The average Bonchev–Trinajstić information content (AvgIpc) is 3.09. The van der Waals surface area contributed by atoms with Crippen molar-refractivity contribution in [3.8, 4) is 5.75 Å². The Morgan fingerprint density at radius 2 is 2.07 bits per heavy atom. The van der Waals surface area contributed by atoms with Crippen LogP contribution in [0.3, 0.4) is 0 Å². The Labute approximate surface area is 184 Å². The molecule has 2 N–H and O–H groups in total. The van der Waals surface area contributed by atoms with E-state index in [1.54, 1.807) is 30.5 Å². The molecular weight excluding hydrogens is 424 g/mol. The molecule has 1 saturated heterocycles. The molecule has 1 aliphatic carbocycles. The number of aromatic nitrogens is 1. The van der Waals surface area contributed by atoms with Gasteiger partial charge in [-0.3, -0.25) is 9.88 Å². The van der Waals surface area contributed by atoms with Crippen molar-refractivity contribution in [2.24, 2.45) is 5.73 Å². The Kier molecular flexibility index (Phi) is 5.31. The van der Waals surface area contributed by atoms with Crippen molar-refractivity contribution in [2.45, 2.75) is 37.5 Å². The van der Waals surface area contributed by atoms with Gasteiger partial charge in [-0.1, -0.05) is 23.2 Å². The second-order valence-electron chi connectivity index (χ2n) is 8.11. The second-order valence-corrected chi connectivity index (χ2v) is 8.95. The van der Waals surface area contributed by atoms with Crippen molar-refractivity contribution in [1.82, 2.24) is 9.88 Å². The molecule has 0 radical (unpaired) electrons. The zero-order valence-electron chi connectivity index (χ0n) is 16.3. The van der Waals surface area contributed by atoms with Crippen LogP contribution < -0.4 is 10.5 Å². The lowest BCUT2D eigenvalue weighted by Crippen LogP contribution is -2.49. The van der Waals surface area contributed by atoms with E-state index in [1.807, 2.05) is 6.07 Å². The van der Waals surface area contributed by atoms with Crippen LogP contribution in [0.4, 0.5) is 4.39 Å². The summed E-state index contributed by atoms with van der Waals surface area (Å²) >= 11 is 12.9. The summed E-state index contributed by atoms with van der Waals surface area (Å²) in [7, 11) is 0. The van der Waals surface area contributed by atoms with Crippen LogP contribution in [0.15, 0.2) is 42.6 Å². The Balaban J connectivity index is 1.58. The molecule has 30 heavy (non-hydrogen) atoms. The number of hydrogen-bond acceptors (Lipinski definition) is 4. The highest BCUT2D eigenvalue weighted by Gasteiger charge is 2.41. The second kappa shape index (κ2) is 7.97. The number of likely N-dealkylation sites (tertiary alicyclic amines) is 1. The van der Waals surface area contributed by atoms with Crippen LogP contribution in [-0.4, -0.2) is 35.1 Å². The van der Waals surface area contributed by atoms with Gasteiger partial charge in [-0.25, -0.2) is 4.39 Å². The van der Waals surface area contributed by atoms with Gasteiger partial charge in [0.15, 0.2) is 0 Å². The minimum absolute atomic E-state index is 0.0751. The van der Waals surface area contributed by atoms with Gasteiger partial charge < -0.3 is 10.5 Å². The van der Waals surface area contributed by atoms with Gasteiger partial charge >= 0.3 is 0 Å². The normalized spacial score (nSPS) is 24.2. The summed E-state index contributed by atoms with van der Waals surface area (Å²) in [6, 6.07) is 10.4. The first-order valence-electron chi connectivity index (χ1n) is 10.2. The number of halogens is 3. The van der Waals surface area contributed by atoms with E-state index in [2.05, 4.69) is 9.88 Å². The van der Waals surface area contributed by atoms with Crippen LogP contribution in [0.2, 0.25) is 10.0 Å². The lowest BCUT2D eigenvalue weighted by atomic mass is 10.0. The lowest BCUT2D eigenvalue weighted by Gasteiger charge is -2.38. The molecule has 0 bridgehead atoms. The molecule has 1 aliphatic heterocycles. The topological polar surface area (TPSA) is 51.4 Å². The summed E-state index contributed by atoms with van der Waals surface area (Å²) in [5.41, 5.74) is 8.79. The maximum Gasteiger partial charge on any atom is 0.146 e. The number of hydrogen-bond donors (Lipinski definition) is 1. The van der Waals surface area contributed by atoms with E-state index in [9.17, 15) is 4.39 Å². The van der Waals surface area contributed by atoms with Gasteiger partial charge in [0.05, 0.1) is 6.04 Å². The van der Waals surface area contributed by atoms with Crippen LogP contribution in [-0.2, 0) is 6.42 Å². The highest BCUT2D eigenvalue weighted by Crippen LogP contribution is 2.44. The molecule has 4 nitrogen and oxygen atoms in total. The minimum Gasteiger partial charge on any atom is -0.482 e. The van der Waals surface area contributed by atoms with Crippen LogP contribution in [0.25, 0.3) is 10.9 Å². The SMILES string of the molecule is NC1CCCN([C@H]2Cc3c(Cl)cc(Cl)cc3[C@@H]2Oc2ccc(F)c3cccnc23)C1. The molecule has 0 amide bonds. The summed E-state index contributed by atoms with van der Waals surface area (Å²) < 4.78 is 20.8. The van der Waals surface area contributed by atoms with Gasteiger partial charge in [0.25, 0.3) is 0 Å². The van der Waals surface area contributed by atoms with Crippen LogP contribution in [0, 0.1) is 5.82 Å². The first-order valence-corrected chi connectivity index (χ1v) is 10.9. The third kappa shape index (κ3) is 3.54. The third-order valence-electron chi connectivity index (χ3n) is 6.16. The third-order valence-corrected chi connectivity index (χ3v) is 6.71. The fourth-order valence-electron chi connectivity index (χ4n) is 4.76. The van der Waals surface area contributed by atoms with Crippen LogP contribution >= 0.6 is 23.2 Å². The van der Waals surface area contributed by atoms with Gasteiger partial charge in [-0.05, 0) is 67.8 Å². The minimum atomic E-state index is -0.318. The number of fused-ring (bicyclic) bond motifs is 2. The smallest absolute Gasteiger partial charge is 0.146 e. The fraction of sp³-hybridized carbons (Fsp3) is 0.348. The predicted molar refractivity (Wildman–Crippen MR) is 118 cm³/mol. The number of piperidine rings is 1. The number of rotatable bonds is 3. The molecule has 1 aromatic heterocycles. The Hall–Kier alpha value is -1.92. The van der Waals surface area contributed by atoms with E-state index >= 15 is 0 Å². The van der Waals surface area contributed by atoms with E-state index in [1.165, 1.54) is 6.07 Å². The fourth-order valence-corrected chi connectivity index (χ4v) is 5.35. The van der Waals surface area contributed by atoms with Crippen molar-refractivity contribution in [3.63, 3.8) is 0 Å². The zero-order valence-corrected chi connectivity index (χ0v) is 17.8. The Bertz CT molecular complexity index is 1110. The molecular formula is C23H22Cl2FN3O. The molecule has 3 aromatic rings. The van der Waals surface area contributed by atoms with Crippen LogP contribution in [0.5, 0.6) is 5.75 Å². The molecule has 156 valence electrons. The molecule has 5 rings (SSSR count). The van der Waals surface area contributed by atoms with Crippen molar-refractivity contribution in [3.05, 3.63) is 69.6 Å². The maximum absolute atomic E-state index is 14.3. The number of benzene rings is 2. The summed E-state index contributed by atoms with van der Waals surface area (Å²) in [5, 5.41) is 1.66. The number of nitrogens with zero attached hydrogens (tertiary/aromatic N) is 2. The van der Waals surface area contributed by atoms with Gasteiger partial charge in [0.2, 0.25) is 0 Å². The molecule has 2 heterocycles. The lowest BCUT2D eigenvalue weighted by molar-refractivity contribution is 0.0600. The Morgan fingerprint density at radius 1 is 1.20 bits per heavy atom. The molecule has 2 aliphatic rings. The van der Waals surface area contributed by atoms with Gasteiger partial charge in [0.1, 0.15) is 23.2 Å². The molecule has 1 fully saturated rings. The van der Waals surface area contributed by atoms with Gasteiger partial charge in [-0.15, -0.1) is 0 Å². The van der Waals surface area contributed by atoms with E-state index in [4.69, 9.17) is 33.7 Å². The maximum atomic E-state index is 14.3. The summed E-state index contributed by atoms with van der Waals surface area (Å²) in [5.74, 6) is 0.231. The first-order chi connectivity index (χ1) is 14.5. The molecule has 0 saturated carbocycles. The number of ether oxygens (including phenoxy) is 1. The highest BCUT2D eigenvalue weighted by atomic mass is 35.5. The first kappa shape index (κ1) is 20.0. The standard InChI is InChI=1S/C23H22Cl2FN3O/c24-13-9-17-16(18(25)10-13)11-20(29-8-2-3-14(27)12-29)23(17)30-21-6-5-19(26)15-4-1-7-28-22(15)21/h1,4-7,9-10,14,20,23H,2-3,8,11-12,27H2/t14?,20-,23-/m0/s1. The summed E-state index contributed by atoms with van der Waals surface area (Å²) in [4.78, 5) is 6.77. The van der Waals surface area contributed by atoms with Gasteiger partial charge in [0, 0.05) is 39.8 Å². The van der Waals surface area contributed by atoms with E-state index in [-0.39, 0.29) is 24.0 Å². The van der Waals surface area contributed by atoms with Crippen molar-refractivity contribution in [1.29, 1.82) is 0 Å². The largest absolute Gasteiger partial charge is 0.482 e. The summed E-state index contributed by atoms with van der Waals surface area (Å²) in [6.45, 7) is 1.77. The summed E-state index contributed by atoms with van der Waals surface area (Å²) in [6.07, 6.45) is 4.19. The highest BCUT2D eigenvalue weighted by molar-refractivity contribution is 6.35. The van der Waals surface area contributed by atoms with Gasteiger partial charge in [-0.2, -0.15) is 0 Å². The van der Waals surface area contributed by atoms with Crippen molar-refractivity contribution in [2.75, 3.05) is 13.1 Å². The monoisotopic (exact) mass is 445 g/mol. The van der Waals surface area contributed by atoms with E-state index in [0.29, 0.717) is 26.7 Å². The predicted octanol–water partition coefficient (Wildman–Crippen LogP) is 5.15. The zero-order chi connectivity index (χ0) is 20.8. The van der Waals surface area contributed by atoms with Crippen molar-refractivity contribution >= 4 is 34.1 Å². The molecule has 7 heteroatoms. The number of nitrogens with two attached hydrogens (primary N) is 1. The average molecular weight is 446 g/mol. The van der Waals surface area contributed by atoms with E-state index in [0.717, 1.165) is 43.5 Å². The molecule has 1 unspecified atom stereocenters. The van der Waals surface area contributed by atoms with Crippen LogP contribution in [0.1, 0.15) is 30.1 Å². The molecule has 2 aromatic carbocycles. The Morgan fingerprint density at radius 3 is 2.90 bits per heavy atom. The number of pyridine rings is 1. The molecule has 3 atom stereocenters.